The summed E-state index contributed by atoms with van der Waals surface area (Å²) in [6.07, 6.45) is 0. The van der Waals surface area contributed by atoms with Gasteiger partial charge in [0.05, 0.1) is 18.2 Å². The molecule has 1 aromatic carbocycles. The number of hydrogen-bond donors (Lipinski definition) is 3. The Morgan fingerprint density at radius 2 is 1.89 bits per heavy atom. The molecule has 7 heteroatoms. The van der Waals surface area contributed by atoms with Crippen molar-refractivity contribution in [1.82, 2.24) is 0 Å². The van der Waals surface area contributed by atoms with Crippen LogP contribution in [0.3, 0.4) is 0 Å². The Bertz CT molecular complexity index is 496. The Morgan fingerprint density at radius 3 is 2.39 bits per heavy atom. The molecule has 0 radical (unpaired) electrons. The zero-order valence-electron chi connectivity index (χ0n) is 9.47. The minimum absolute atomic E-state index is 0.143. The van der Waals surface area contributed by atoms with Crippen molar-refractivity contribution < 1.29 is 29.3 Å². The first-order chi connectivity index (χ1) is 8.45. The van der Waals surface area contributed by atoms with E-state index < -0.39 is 17.9 Å². The van der Waals surface area contributed by atoms with Gasteiger partial charge < -0.3 is 20.3 Å². The summed E-state index contributed by atoms with van der Waals surface area (Å²) in [6, 6.07) is 3.55. The molecule has 3 N–H and O–H groups in total. The molecular weight excluding hydrogens is 242 g/mol. The first-order valence-electron chi connectivity index (χ1n) is 4.87. The lowest BCUT2D eigenvalue weighted by atomic mass is 10.1. The molecule has 0 aromatic heterocycles. The van der Waals surface area contributed by atoms with Crippen LogP contribution < -0.4 is 5.32 Å². The average molecular weight is 253 g/mol. The summed E-state index contributed by atoms with van der Waals surface area (Å²) in [5, 5.41) is 20.3. The number of anilines is 1. The van der Waals surface area contributed by atoms with Crippen LogP contribution in [0.4, 0.5) is 5.69 Å². The number of ether oxygens (including phenoxy) is 1. The van der Waals surface area contributed by atoms with Crippen LogP contribution in [0, 0.1) is 0 Å². The summed E-state index contributed by atoms with van der Waals surface area (Å²) in [4.78, 5) is 32.6. The van der Waals surface area contributed by atoms with Crippen molar-refractivity contribution in [1.29, 1.82) is 0 Å². The molecule has 96 valence electrons. The highest BCUT2D eigenvalue weighted by Crippen LogP contribution is 2.17. The first-order valence-corrected chi connectivity index (χ1v) is 4.87. The van der Waals surface area contributed by atoms with E-state index in [4.69, 9.17) is 10.2 Å². The Balaban J connectivity index is 3.00. The number of nitrogens with one attached hydrogen (secondary N) is 1. The normalized spacial score (nSPS) is 9.61. The molecule has 0 saturated carbocycles. The summed E-state index contributed by atoms with van der Waals surface area (Å²) in [5.41, 5.74) is -0.215. The van der Waals surface area contributed by atoms with Crippen LogP contribution in [0.1, 0.15) is 20.7 Å². The topological polar surface area (TPSA) is 113 Å². The van der Waals surface area contributed by atoms with E-state index >= 15 is 0 Å². The molecule has 0 heterocycles. The molecule has 18 heavy (non-hydrogen) atoms. The van der Waals surface area contributed by atoms with E-state index in [1.807, 2.05) is 0 Å². The molecule has 0 aliphatic heterocycles. The standard InChI is InChI=1S/C11H11NO6/c1-18-9(13)5-12-8-3-2-6(10(14)15)4-7(8)11(16)17/h2-4,12H,5H2,1H3,(H,14,15)(H,16,17). The molecular formula is C11H11NO6. The Hall–Kier alpha value is -2.57. The fourth-order valence-corrected chi connectivity index (χ4v) is 1.25. The van der Waals surface area contributed by atoms with Gasteiger partial charge in [0, 0.05) is 5.69 Å². The summed E-state index contributed by atoms with van der Waals surface area (Å²) in [5.74, 6) is -3.07. The lowest BCUT2D eigenvalue weighted by Crippen LogP contribution is -2.17. The number of aromatic carboxylic acids is 2. The number of methoxy groups -OCH3 is 1. The molecule has 0 spiro atoms. The van der Waals surface area contributed by atoms with Crippen molar-refractivity contribution in [3.8, 4) is 0 Å². The van der Waals surface area contributed by atoms with Crippen LogP contribution in [0.15, 0.2) is 18.2 Å². The number of rotatable bonds is 5. The van der Waals surface area contributed by atoms with Gasteiger partial charge >= 0.3 is 17.9 Å². The van der Waals surface area contributed by atoms with Crippen LogP contribution in [-0.4, -0.2) is 41.8 Å². The molecule has 7 nitrogen and oxygen atoms in total. The van der Waals surface area contributed by atoms with Crippen LogP contribution in [-0.2, 0) is 9.53 Å². The van der Waals surface area contributed by atoms with E-state index in [-0.39, 0.29) is 23.4 Å². The smallest absolute Gasteiger partial charge is 0.337 e. The fourth-order valence-electron chi connectivity index (χ4n) is 1.25. The molecule has 0 aliphatic rings. The third kappa shape index (κ3) is 3.21. The van der Waals surface area contributed by atoms with E-state index in [0.29, 0.717) is 0 Å². The minimum Gasteiger partial charge on any atom is -0.478 e. The number of carboxylic acids is 2. The molecule has 1 rings (SSSR count). The summed E-state index contributed by atoms with van der Waals surface area (Å²) in [7, 11) is 1.20. The van der Waals surface area contributed by atoms with Gasteiger partial charge in [-0.25, -0.2) is 9.59 Å². The van der Waals surface area contributed by atoms with Crippen molar-refractivity contribution in [3.05, 3.63) is 29.3 Å². The average Bonchev–Trinajstić information content (AvgIpc) is 2.35. The van der Waals surface area contributed by atoms with Crippen LogP contribution >= 0.6 is 0 Å². The highest BCUT2D eigenvalue weighted by atomic mass is 16.5. The van der Waals surface area contributed by atoms with Gasteiger partial charge in [-0.3, -0.25) is 4.79 Å². The number of carboxylic acid groups (broad SMARTS) is 2. The quantitative estimate of drug-likeness (QED) is 0.661. The van der Waals surface area contributed by atoms with Crippen molar-refractivity contribution >= 4 is 23.6 Å². The lowest BCUT2D eigenvalue weighted by Gasteiger charge is -2.09. The number of carbonyl (C=O) groups excluding carboxylic acids is 1. The van der Waals surface area contributed by atoms with Crippen LogP contribution in [0.25, 0.3) is 0 Å². The Labute approximate surface area is 102 Å². The summed E-state index contributed by atoms with van der Waals surface area (Å²) < 4.78 is 4.39. The zero-order valence-corrected chi connectivity index (χ0v) is 9.47. The maximum absolute atomic E-state index is 11.0. The van der Waals surface area contributed by atoms with Gasteiger partial charge in [0.25, 0.3) is 0 Å². The predicted molar refractivity (Wildman–Crippen MR) is 60.9 cm³/mol. The molecule has 0 aliphatic carbocycles. The molecule has 0 fully saturated rings. The zero-order chi connectivity index (χ0) is 13.7. The third-order valence-corrected chi connectivity index (χ3v) is 2.15. The maximum atomic E-state index is 11.0. The van der Waals surface area contributed by atoms with Gasteiger partial charge in [0.15, 0.2) is 0 Å². The first kappa shape index (κ1) is 13.5. The highest BCUT2D eigenvalue weighted by Gasteiger charge is 2.14. The second-order valence-electron chi connectivity index (χ2n) is 3.30. The number of esters is 1. The van der Waals surface area contributed by atoms with Gasteiger partial charge in [-0.2, -0.15) is 0 Å². The van der Waals surface area contributed by atoms with Crippen molar-refractivity contribution in [3.63, 3.8) is 0 Å². The van der Waals surface area contributed by atoms with Gasteiger partial charge in [0.1, 0.15) is 6.54 Å². The second-order valence-corrected chi connectivity index (χ2v) is 3.30. The van der Waals surface area contributed by atoms with E-state index in [0.717, 1.165) is 6.07 Å². The van der Waals surface area contributed by atoms with Gasteiger partial charge in [0.2, 0.25) is 0 Å². The molecule has 0 unspecified atom stereocenters. The monoisotopic (exact) mass is 253 g/mol. The number of carbonyl (C=O) groups is 3. The van der Waals surface area contributed by atoms with Crippen LogP contribution in [0.5, 0.6) is 0 Å². The summed E-state index contributed by atoms with van der Waals surface area (Å²) >= 11 is 0. The molecule has 0 saturated heterocycles. The molecule has 0 amide bonds. The van der Waals surface area contributed by atoms with Gasteiger partial charge in [-0.1, -0.05) is 0 Å². The molecule has 1 aromatic rings. The lowest BCUT2D eigenvalue weighted by molar-refractivity contribution is -0.138. The van der Waals surface area contributed by atoms with Gasteiger partial charge in [-0.05, 0) is 18.2 Å². The molecule has 0 atom stereocenters. The largest absolute Gasteiger partial charge is 0.478 e. The SMILES string of the molecule is COC(=O)CNc1ccc(C(=O)O)cc1C(=O)O. The van der Waals surface area contributed by atoms with E-state index in [1.54, 1.807) is 0 Å². The number of benzene rings is 1. The van der Waals surface area contributed by atoms with Gasteiger partial charge in [-0.15, -0.1) is 0 Å². The fraction of sp³-hybridized carbons (Fsp3) is 0.182. The van der Waals surface area contributed by atoms with Crippen molar-refractivity contribution in [2.45, 2.75) is 0 Å². The Kier molecular flexibility index (Phi) is 4.25. The van der Waals surface area contributed by atoms with E-state index in [9.17, 15) is 14.4 Å². The van der Waals surface area contributed by atoms with Crippen molar-refractivity contribution in [2.24, 2.45) is 0 Å². The van der Waals surface area contributed by atoms with Crippen molar-refractivity contribution in [2.75, 3.05) is 19.0 Å². The highest BCUT2D eigenvalue weighted by molar-refractivity contribution is 5.98. The third-order valence-electron chi connectivity index (χ3n) is 2.15. The van der Waals surface area contributed by atoms with E-state index in [1.165, 1.54) is 19.2 Å². The molecule has 0 bridgehead atoms. The Morgan fingerprint density at radius 1 is 1.22 bits per heavy atom. The van der Waals surface area contributed by atoms with Crippen LogP contribution in [0.2, 0.25) is 0 Å². The summed E-state index contributed by atoms with van der Waals surface area (Å²) in [6.45, 7) is -0.205. The van der Waals surface area contributed by atoms with E-state index in [2.05, 4.69) is 10.1 Å². The minimum atomic E-state index is -1.29. The second kappa shape index (κ2) is 5.67. The predicted octanol–water partition coefficient (Wildman–Crippen LogP) is 0.668. The number of hydrogen-bond acceptors (Lipinski definition) is 5. The maximum Gasteiger partial charge on any atom is 0.337 e.